The summed E-state index contributed by atoms with van der Waals surface area (Å²) >= 11 is 3.46. The van der Waals surface area contributed by atoms with Gasteiger partial charge in [-0.25, -0.2) is 0 Å². The molecule has 0 aliphatic heterocycles. The van der Waals surface area contributed by atoms with Crippen LogP contribution in [0.15, 0.2) is 34.9 Å². The van der Waals surface area contributed by atoms with Crippen molar-refractivity contribution in [2.75, 3.05) is 0 Å². The van der Waals surface area contributed by atoms with E-state index in [1.54, 1.807) is 6.20 Å². The molecule has 2 rings (SSSR count). The van der Waals surface area contributed by atoms with Crippen molar-refractivity contribution in [1.82, 2.24) is 4.98 Å². The van der Waals surface area contributed by atoms with Crippen LogP contribution in [0.5, 0.6) is 0 Å². The third kappa shape index (κ3) is 1.57. The van der Waals surface area contributed by atoms with Crippen LogP contribution in [-0.2, 0) is 6.54 Å². The highest BCUT2D eigenvalue weighted by Gasteiger charge is 2.00. The Morgan fingerprint density at radius 3 is 3.00 bits per heavy atom. The van der Waals surface area contributed by atoms with Gasteiger partial charge in [-0.2, -0.15) is 0 Å². The van der Waals surface area contributed by atoms with Crippen LogP contribution in [0.25, 0.3) is 10.9 Å². The molecule has 0 amide bonds. The molecule has 0 radical (unpaired) electrons. The molecule has 0 saturated carbocycles. The second-order valence-corrected chi connectivity index (χ2v) is 3.70. The van der Waals surface area contributed by atoms with Crippen LogP contribution in [0.4, 0.5) is 0 Å². The predicted molar refractivity (Wildman–Crippen MR) is 57.3 cm³/mol. The second kappa shape index (κ2) is 3.44. The Morgan fingerprint density at radius 1 is 1.38 bits per heavy atom. The number of nitrogens with two attached hydrogens (primary N) is 1. The molecule has 0 saturated heterocycles. The zero-order chi connectivity index (χ0) is 9.26. The first-order valence-electron chi connectivity index (χ1n) is 4.04. The Bertz CT molecular complexity index is 440. The van der Waals surface area contributed by atoms with Crippen LogP contribution >= 0.6 is 15.9 Å². The van der Waals surface area contributed by atoms with Crippen molar-refractivity contribution in [3.8, 4) is 0 Å². The van der Waals surface area contributed by atoms with Crippen molar-refractivity contribution in [3.63, 3.8) is 0 Å². The first-order valence-corrected chi connectivity index (χ1v) is 4.84. The summed E-state index contributed by atoms with van der Waals surface area (Å²) < 4.78 is 1.03. The Kier molecular flexibility index (Phi) is 2.29. The van der Waals surface area contributed by atoms with Crippen LogP contribution in [0.2, 0.25) is 0 Å². The monoisotopic (exact) mass is 236 g/mol. The van der Waals surface area contributed by atoms with Crippen molar-refractivity contribution in [3.05, 3.63) is 40.5 Å². The van der Waals surface area contributed by atoms with E-state index >= 15 is 0 Å². The minimum absolute atomic E-state index is 0.547. The molecule has 3 heteroatoms. The van der Waals surface area contributed by atoms with Crippen LogP contribution in [0.3, 0.4) is 0 Å². The van der Waals surface area contributed by atoms with Gasteiger partial charge >= 0.3 is 0 Å². The number of pyridine rings is 1. The van der Waals surface area contributed by atoms with Gasteiger partial charge in [-0.15, -0.1) is 0 Å². The molecule has 0 unspecified atom stereocenters. The molecule has 0 aliphatic carbocycles. The fourth-order valence-electron chi connectivity index (χ4n) is 1.30. The van der Waals surface area contributed by atoms with E-state index in [1.165, 1.54) is 0 Å². The first kappa shape index (κ1) is 8.66. The molecule has 0 bridgehead atoms. The Hall–Kier alpha value is -0.930. The van der Waals surface area contributed by atoms with Crippen molar-refractivity contribution >= 4 is 26.8 Å². The molecule has 1 aromatic carbocycles. The maximum absolute atomic E-state index is 5.59. The predicted octanol–water partition coefficient (Wildman–Crippen LogP) is 2.46. The molecule has 1 heterocycles. The molecular formula is C10H9BrN2. The minimum atomic E-state index is 0.547. The van der Waals surface area contributed by atoms with Crippen molar-refractivity contribution < 1.29 is 0 Å². The summed E-state index contributed by atoms with van der Waals surface area (Å²) in [6.45, 7) is 0.547. The summed E-state index contributed by atoms with van der Waals surface area (Å²) in [5.41, 5.74) is 7.70. The molecule has 0 aliphatic rings. The van der Waals surface area contributed by atoms with Crippen LogP contribution < -0.4 is 5.73 Å². The van der Waals surface area contributed by atoms with E-state index in [2.05, 4.69) is 27.0 Å². The molecular weight excluding hydrogens is 228 g/mol. The van der Waals surface area contributed by atoms with E-state index in [0.717, 1.165) is 20.9 Å². The summed E-state index contributed by atoms with van der Waals surface area (Å²) in [4.78, 5) is 4.25. The number of benzene rings is 1. The molecule has 2 N–H and O–H groups in total. The fourth-order valence-corrected chi connectivity index (χ4v) is 1.79. The summed E-state index contributed by atoms with van der Waals surface area (Å²) in [6.07, 6.45) is 1.79. The van der Waals surface area contributed by atoms with E-state index in [0.29, 0.717) is 6.54 Å². The van der Waals surface area contributed by atoms with Gasteiger partial charge in [0.25, 0.3) is 0 Å². The maximum Gasteiger partial charge on any atom is 0.0713 e. The summed E-state index contributed by atoms with van der Waals surface area (Å²) in [5.74, 6) is 0. The number of aromatic nitrogens is 1. The number of hydrogen-bond acceptors (Lipinski definition) is 2. The van der Waals surface area contributed by atoms with E-state index < -0.39 is 0 Å². The lowest BCUT2D eigenvalue weighted by atomic mass is 10.1. The lowest BCUT2D eigenvalue weighted by Gasteiger charge is -2.03. The minimum Gasteiger partial charge on any atom is -0.326 e. The van der Waals surface area contributed by atoms with E-state index in [9.17, 15) is 0 Å². The smallest absolute Gasteiger partial charge is 0.0713 e. The summed E-state index contributed by atoms with van der Waals surface area (Å²) in [6, 6.07) is 8.02. The molecule has 13 heavy (non-hydrogen) atoms. The average Bonchev–Trinajstić information content (AvgIpc) is 2.17. The highest BCUT2D eigenvalue weighted by Crippen LogP contribution is 2.22. The van der Waals surface area contributed by atoms with Crippen molar-refractivity contribution in [1.29, 1.82) is 0 Å². The Labute approximate surface area is 84.9 Å². The van der Waals surface area contributed by atoms with E-state index in [-0.39, 0.29) is 0 Å². The largest absolute Gasteiger partial charge is 0.326 e. The Balaban J connectivity index is 2.74. The van der Waals surface area contributed by atoms with Gasteiger partial charge in [0.2, 0.25) is 0 Å². The molecule has 0 fully saturated rings. The number of rotatable bonds is 1. The topological polar surface area (TPSA) is 38.9 Å². The lowest BCUT2D eigenvalue weighted by molar-refractivity contribution is 1.06. The van der Waals surface area contributed by atoms with Gasteiger partial charge in [-0.1, -0.05) is 22.0 Å². The number of hydrogen-bond donors (Lipinski definition) is 1. The number of nitrogens with zero attached hydrogens (tertiary/aromatic N) is 1. The maximum atomic E-state index is 5.59. The molecule has 1 aromatic heterocycles. The van der Waals surface area contributed by atoms with Gasteiger partial charge in [-0.3, -0.25) is 4.98 Å². The lowest BCUT2D eigenvalue weighted by Crippen LogP contribution is -1.97. The molecule has 0 spiro atoms. The van der Waals surface area contributed by atoms with Gasteiger partial charge in [0.1, 0.15) is 0 Å². The van der Waals surface area contributed by atoms with E-state index in [1.807, 2.05) is 18.2 Å². The van der Waals surface area contributed by atoms with Crippen LogP contribution in [-0.4, -0.2) is 4.98 Å². The van der Waals surface area contributed by atoms with E-state index in [4.69, 9.17) is 5.73 Å². The molecule has 66 valence electrons. The van der Waals surface area contributed by atoms with Gasteiger partial charge in [0, 0.05) is 22.6 Å². The molecule has 2 aromatic rings. The highest BCUT2D eigenvalue weighted by atomic mass is 79.9. The van der Waals surface area contributed by atoms with Crippen LogP contribution in [0.1, 0.15) is 5.56 Å². The zero-order valence-electron chi connectivity index (χ0n) is 7.00. The molecule has 2 nitrogen and oxygen atoms in total. The van der Waals surface area contributed by atoms with Crippen molar-refractivity contribution in [2.45, 2.75) is 6.54 Å². The standard InChI is InChI=1S/C10H9BrN2/c11-9-5-10-7(2-1-3-13-10)4-8(9)6-12/h1-5H,6,12H2. The SMILES string of the molecule is NCc1cc2cccnc2cc1Br. The first-order chi connectivity index (χ1) is 6.31. The van der Waals surface area contributed by atoms with Crippen LogP contribution in [0, 0.1) is 0 Å². The third-order valence-corrected chi connectivity index (χ3v) is 2.73. The average molecular weight is 237 g/mol. The summed E-state index contributed by atoms with van der Waals surface area (Å²) in [5, 5.41) is 1.13. The van der Waals surface area contributed by atoms with Gasteiger partial charge in [0.05, 0.1) is 5.52 Å². The highest BCUT2D eigenvalue weighted by molar-refractivity contribution is 9.10. The zero-order valence-corrected chi connectivity index (χ0v) is 8.58. The quantitative estimate of drug-likeness (QED) is 0.827. The number of fused-ring (bicyclic) bond motifs is 1. The number of halogens is 1. The second-order valence-electron chi connectivity index (χ2n) is 2.84. The summed E-state index contributed by atoms with van der Waals surface area (Å²) in [7, 11) is 0. The Morgan fingerprint density at radius 2 is 2.23 bits per heavy atom. The van der Waals surface area contributed by atoms with Gasteiger partial charge in [-0.05, 0) is 23.8 Å². The third-order valence-electron chi connectivity index (χ3n) is 1.99. The normalized spacial score (nSPS) is 10.6. The van der Waals surface area contributed by atoms with Crippen molar-refractivity contribution in [2.24, 2.45) is 5.73 Å². The molecule has 0 atom stereocenters. The fraction of sp³-hybridized carbons (Fsp3) is 0.100. The van der Waals surface area contributed by atoms with Gasteiger partial charge < -0.3 is 5.73 Å². The van der Waals surface area contributed by atoms with Gasteiger partial charge in [0.15, 0.2) is 0 Å².